The van der Waals surface area contributed by atoms with Gasteiger partial charge in [-0.1, -0.05) is 11.2 Å². The van der Waals surface area contributed by atoms with Crippen LogP contribution >= 0.6 is 0 Å². The standard InChI is InChI=1S/C13H20N4O/c14-13(16-18)11-4-8-17(9-5-11)10-6-12-3-1-2-7-15-12/h1-3,7,11,18H,4-6,8-10H2,(H2,14,16). The molecule has 0 spiro atoms. The third-order valence-corrected chi connectivity index (χ3v) is 3.53. The van der Waals surface area contributed by atoms with E-state index in [4.69, 9.17) is 10.9 Å². The summed E-state index contributed by atoms with van der Waals surface area (Å²) >= 11 is 0. The van der Waals surface area contributed by atoms with Crippen LogP contribution in [0.4, 0.5) is 0 Å². The molecule has 1 aromatic heterocycles. The van der Waals surface area contributed by atoms with Crippen molar-refractivity contribution >= 4 is 5.84 Å². The lowest BCUT2D eigenvalue weighted by Gasteiger charge is -2.31. The Hall–Kier alpha value is -1.62. The van der Waals surface area contributed by atoms with Gasteiger partial charge in [-0.25, -0.2) is 0 Å². The van der Waals surface area contributed by atoms with Gasteiger partial charge in [0.2, 0.25) is 0 Å². The lowest BCUT2D eigenvalue weighted by Crippen LogP contribution is -2.39. The van der Waals surface area contributed by atoms with Crippen molar-refractivity contribution in [2.75, 3.05) is 19.6 Å². The van der Waals surface area contributed by atoms with Crippen molar-refractivity contribution in [1.29, 1.82) is 0 Å². The van der Waals surface area contributed by atoms with E-state index in [1.165, 1.54) is 0 Å². The summed E-state index contributed by atoms with van der Waals surface area (Å²) in [7, 11) is 0. The minimum atomic E-state index is 0.237. The van der Waals surface area contributed by atoms with Crippen LogP contribution in [-0.4, -0.2) is 40.6 Å². The Bertz CT molecular complexity index is 385. The first kappa shape index (κ1) is 12.8. The van der Waals surface area contributed by atoms with Gasteiger partial charge in [-0.15, -0.1) is 0 Å². The third-order valence-electron chi connectivity index (χ3n) is 3.53. The predicted octanol–water partition coefficient (Wildman–Crippen LogP) is 1.08. The van der Waals surface area contributed by atoms with Crippen LogP contribution in [-0.2, 0) is 6.42 Å². The zero-order valence-corrected chi connectivity index (χ0v) is 10.5. The fourth-order valence-corrected chi connectivity index (χ4v) is 2.35. The number of aromatic nitrogens is 1. The van der Waals surface area contributed by atoms with Gasteiger partial charge in [0, 0.05) is 30.8 Å². The van der Waals surface area contributed by atoms with Crippen molar-refractivity contribution in [3.8, 4) is 0 Å². The maximum absolute atomic E-state index is 8.65. The molecule has 1 aliphatic rings. The van der Waals surface area contributed by atoms with Crippen LogP contribution < -0.4 is 5.73 Å². The molecule has 1 saturated heterocycles. The first-order valence-corrected chi connectivity index (χ1v) is 6.39. The van der Waals surface area contributed by atoms with Gasteiger partial charge >= 0.3 is 0 Å². The lowest BCUT2D eigenvalue weighted by molar-refractivity contribution is 0.207. The van der Waals surface area contributed by atoms with Crippen LogP contribution in [0.5, 0.6) is 0 Å². The summed E-state index contributed by atoms with van der Waals surface area (Å²) in [5, 5.41) is 11.7. The fourth-order valence-electron chi connectivity index (χ4n) is 2.35. The average Bonchev–Trinajstić information content (AvgIpc) is 2.46. The number of oxime groups is 1. The number of hydrogen-bond donors (Lipinski definition) is 2. The SMILES string of the molecule is NC(=NO)C1CCN(CCc2ccccn2)CC1. The van der Waals surface area contributed by atoms with E-state index in [-0.39, 0.29) is 5.92 Å². The molecule has 1 aliphatic heterocycles. The molecule has 5 nitrogen and oxygen atoms in total. The molecule has 1 aromatic rings. The molecule has 0 aromatic carbocycles. The van der Waals surface area contributed by atoms with E-state index in [9.17, 15) is 0 Å². The summed E-state index contributed by atoms with van der Waals surface area (Å²) in [6, 6.07) is 6.02. The normalized spacial score (nSPS) is 19.0. The summed E-state index contributed by atoms with van der Waals surface area (Å²) in [5.74, 6) is 0.612. The number of rotatable bonds is 4. The highest BCUT2D eigenvalue weighted by Gasteiger charge is 2.21. The summed E-state index contributed by atoms with van der Waals surface area (Å²) < 4.78 is 0. The lowest BCUT2D eigenvalue weighted by atomic mass is 9.96. The summed E-state index contributed by atoms with van der Waals surface area (Å²) in [6.07, 6.45) is 4.76. The molecule has 18 heavy (non-hydrogen) atoms. The van der Waals surface area contributed by atoms with Crippen molar-refractivity contribution in [3.05, 3.63) is 30.1 Å². The Morgan fingerprint density at radius 1 is 1.44 bits per heavy atom. The van der Waals surface area contributed by atoms with Gasteiger partial charge in [-0.2, -0.15) is 0 Å². The molecule has 1 fully saturated rings. The van der Waals surface area contributed by atoms with Crippen LogP contribution in [0.25, 0.3) is 0 Å². The van der Waals surface area contributed by atoms with Crippen LogP contribution in [0.3, 0.4) is 0 Å². The number of nitrogens with two attached hydrogens (primary N) is 1. The highest BCUT2D eigenvalue weighted by Crippen LogP contribution is 2.17. The van der Waals surface area contributed by atoms with E-state index < -0.39 is 0 Å². The topological polar surface area (TPSA) is 74.7 Å². The molecule has 3 N–H and O–H groups in total. The van der Waals surface area contributed by atoms with Crippen molar-refractivity contribution in [2.24, 2.45) is 16.8 Å². The Balaban J connectivity index is 1.74. The first-order chi connectivity index (χ1) is 8.79. The van der Waals surface area contributed by atoms with Crippen molar-refractivity contribution in [1.82, 2.24) is 9.88 Å². The van der Waals surface area contributed by atoms with E-state index in [0.717, 1.165) is 44.6 Å². The molecule has 0 amide bonds. The second-order valence-electron chi connectivity index (χ2n) is 4.71. The van der Waals surface area contributed by atoms with Gasteiger partial charge in [0.25, 0.3) is 0 Å². The second-order valence-corrected chi connectivity index (χ2v) is 4.71. The zero-order valence-electron chi connectivity index (χ0n) is 10.5. The molecule has 0 bridgehead atoms. The maximum atomic E-state index is 8.65. The van der Waals surface area contributed by atoms with Crippen LogP contribution in [0.15, 0.2) is 29.6 Å². The van der Waals surface area contributed by atoms with Gasteiger partial charge in [-0.3, -0.25) is 4.98 Å². The molecule has 2 rings (SSSR count). The largest absolute Gasteiger partial charge is 0.409 e. The quantitative estimate of drug-likeness (QED) is 0.362. The molecule has 0 unspecified atom stereocenters. The van der Waals surface area contributed by atoms with Gasteiger partial charge in [0.1, 0.15) is 5.84 Å². The smallest absolute Gasteiger partial charge is 0.142 e. The number of piperidine rings is 1. The first-order valence-electron chi connectivity index (χ1n) is 6.39. The predicted molar refractivity (Wildman–Crippen MR) is 70.5 cm³/mol. The Labute approximate surface area is 107 Å². The number of nitrogens with zero attached hydrogens (tertiary/aromatic N) is 3. The van der Waals surface area contributed by atoms with E-state index >= 15 is 0 Å². The molecule has 98 valence electrons. The highest BCUT2D eigenvalue weighted by atomic mass is 16.4. The molecule has 0 atom stereocenters. The summed E-state index contributed by atoms with van der Waals surface area (Å²) in [6.45, 7) is 3.04. The maximum Gasteiger partial charge on any atom is 0.142 e. The van der Waals surface area contributed by atoms with Crippen LogP contribution in [0, 0.1) is 5.92 Å². The van der Waals surface area contributed by atoms with E-state index in [2.05, 4.69) is 21.1 Å². The Kier molecular flexibility index (Phi) is 4.52. The van der Waals surface area contributed by atoms with Gasteiger partial charge < -0.3 is 15.8 Å². The number of hydrogen-bond acceptors (Lipinski definition) is 4. The third kappa shape index (κ3) is 3.43. The molecule has 2 heterocycles. The van der Waals surface area contributed by atoms with Crippen LogP contribution in [0.1, 0.15) is 18.5 Å². The van der Waals surface area contributed by atoms with Gasteiger partial charge in [0.05, 0.1) is 0 Å². The van der Waals surface area contributed by atoms with Gasteiger partial charge in [-0.05, 0) is 38.1 Å². The Morgan fingerprint density at radius 3 is 2.83 bits per heavy atom. The van der Waals surface area contributed by atoms with E-state index in [1.807, 2.05) is 18.3 Å². The molecule has 0 aliphatic carbocycles. The van der Waals surface area contributed by atoms with Crippen LogP contribution in [0.2, 0.25) is 0 Å². The monoisotopic (exact) mass is 248 g/mol. The summed E-state index contributed by atoms with van der Waals surface area (Å²) in [5.41, 5.74) is 6.76. The molecule has 0 radical (unpaired) electrons. The zero-order chi connectivity index (χ0) is 12.8. The van der Waals surface area contributed by atoms with E-state index in [0.29, 0.717) is 5.84 Å². The molecular formula is C13H20N4O. The molecule has 5 heteroatoms. The number of amidine groups is 1. The van der Waals surface area contributed by atoms with E-state index in [1.54, 1.807) is 0 Å². The number of pyridine rings is 1. The fraction of sp³-hybridized carbons (Fsp3) is 0.538. The van der Waals surface area contributed by atoms with Crippen molar-refractivity contribution in [2.45, 2.75) is 19.3 Å². The number of likely N-dealkylation sites (tertiary alicyclic amines) is 1. The second kappa shape index (κ2) is 6.35. The minimum Gasteiger partial charge on any atom is -0.409 e. The average molecular weight is 248 g/mol. The highest BCUT2D eigenvalue weighted by molar-refractivity contribution is 5.82. The van der Waals surface area contributed by atoms with Gasteiger partial charge in [0.15, 0.2) is 0 Å². The van der Waals surface area contributed by atoms with Crippen molar-refractivity contribution in [3.63, 3.8) is 0 Å². The molecule has 0 saturated carbocycles. The van der Waals surface area contributed by atoms with Crippen molar-refractivity contribution < 1.29 is 5.21 Å². The summed E-state index contributed by atoms with van der Waals surface area (Å²) in [4.78, 5) is 6.73. The molecular weight excluding hydrogens is 228 g/mol. The minimum absolute atomic E-state index is 0.237. The Morgan fingerprint density at radius 2 is 2.22 bits per heavy atom.